The Morgan fingerprint density at radius 2 is 2.05 bits per heavy atom. The lowest BCUT2D eigenvalue weighted by Crippen LogP contribution is -2.57. The second-order valence-corrected chi connectivity index (χ2v) is 6.42. The highest BCUT2D eigenvalue weighted by Crippen LogP contribution is 2.15. The molecule has 6 heteroatoms. The number of aliphatic hydroxyl groups is 1. The molecule has 6 nitrogen and oxygen atoms in total. The Labute approximate surface area is 120 Å². The first-order valence-corrected chi connectivity index (χ1v) is 7.00. The summed E-state index contributed by atoms with van der Waals surface area (Å²) in [5, 5.41) is 11.9. The minimum absolute atomic E-state index is 0.0562. The number of carbonyl (C=O) groups is 2. The zero-order chi connectivity index (χ0) is 15.5. The number of amides is 2. The van der Waals surface area contributed by atoms with Crippen LogP contribution in [0.5, 0.6) is 0 Å². The SMILES string of the molecule is CC(NC(=O)C(C)(C)C)C(=O)N1CC(CO)OCC1C. The van der Waals surface area contributed by atoms with E-state index in [0.717, 1.165) is 0 Å². The molecule has 1 aliphatic rings. The molecule has 0 bridgehead atoms. The molecule has 0 aromatic heterocycles. The molecule has 0 aromatic carbocycles. The molecule has 1 heterocycles. The smallest absolute Gasteiger partial charge is 0.245 e. The van der Waals surface area contributed by atoms with Crippen molar-refractivity contribution in [3.8, 4) is 0 Å². The number of nitrogens with one attached hydrogen (secondary N) is 1. The molecule has 1 rings (SSSR count). The summed E-state index contributed by atoms with van der Waals surface area (Å²) >= 11 is 0. The van der Waals surface area contributed by atoms with E-state index in [0.29, 0.717) is 13.2 Å². The van der Waals surface area contributed by atoms with Gasteiger partial charge in [0.25, 0.3) is 0 Å². The number of aliphatic hydroxyl groups excluding tert-OH is 1. The Morgan fingerprint density at radius 3 is 2.55 bits per heavy atom. The molecular formula is C14H26N2O4. The molecule has 3 unspecified atom stereocenters. The van der Waals surface area contributed by atoms with E-state index in [1.807, 2.05) is 6.92 Å². The maximum absolute atomic E-state index is 12.4. The molecule has 3 atom stereocenters. The lowest BCUT2D eigenvalue weighted by atomic mass is 9.95. The molecule has 0 radical (unpaired) electrons. The van der Waals surface area contributed by atoms with Crippen molar-refractivity contribution in [2.24, 2.45) is 5.41 Å². The predicted octanol–water partition coefficient (Wildman–Crippen LogP) is 0.145. The normalized spacial score (nSPS) is 25.2. The van der Waals surface area contributed by atoms with Crippen LogP contribution in [0, 0.1) is 5.41 Å². The van der Waals surface area contributed by atoms with Gasteiger partial charge in [0.15, 0.2) is 0 Å². The van der Waals surface area contributed by atoms with Gasteiger partial charge in [-0.05, 0) is 13.8 Å². The zero-order valence-electron chi connectivity index (χ0n) is 13.0. The first-order chi connectivity index (χ1) is 9.16. The van der Waals surface area contributed by atoms with Crippen LogP contribution in [0.2, 0.25) is 0 Å². The summed E-state index contributed by atoms with van der Waals surface area (Å²) in [5.74, 6) is -0.296. The Bertz CT molecular complexity index is 365. The van der Waals surface area contributed by atoms with Gasteiger partial charge in [0.1, 0.15) is 6.04 Å². The molecule has 1 fully saturated rings. The topological polar surface area (TPSA) is 78.9 Å². The third-order valence-electron chi connectivity index (χ3n) is 3.39. The lowest BCUT2D eigenvalue weighted by Gasteiger charge is -2.39. The van der Waals surface area contributed by atoms with E-state index in [4.69, 9.17) is 9.84 Å². The molecular weight excluding hydrogens is 260 g/mol. The number of carbonyl (C=O) groups excluding carboxylic acids is 2. The van der Waals surface area contributed by atoms with E-state index in [-0.39, 0.29) is 30.6 Å². The van der Waals surface area contributed by atoms with Gasteiger partial charge in [-0.3, -0.25) is 9.59 Å². The van der Waals surface area contributed by atoms with Gasteiger partial charge in [-0.2, -0.15) is 0 Å². The van der Waals surface area contributed by atoms with Crippen molar-refractivity contribution in [2.45, 2.75) is 52.8 Å². The molecule has 2 N–H and O–H groups in total. The van der Waals surface area contributed by atoms with Crippen LogP contribution in [-0.4, -0.2) is 59.8 Å². The summed E-state index contributed by atoms with van der Waals surface area (Å²) < 4.78 is 5.40. The second kappa shape index (κ2) is 6.54. The standard InChI is InChI=1S/C14H26N2O4/c1-9-8-20-11(7-17)6-16(9)12(18)10(2)15-13(19)14(3,4)5/h9-11,17H,6-8H2,1-5H3,(H,15,19). The van der Waals surface area contributed by atoms with E-state index >= 15 is 0 Å². The number of hydrogen-bond acceptors (Lipinski definition) is 4. The number of nitrogens with zero attached hydrogens (tertiary/aromatic N) is 1. The minimum Gasteiger partial charge on any atom is -0.394 e. The van der Waals surface area contributed by atoms with Gasteiger partial charge >= 0.3 is 0 Å². The second-order valence-electron chi connectivity index (χ2n) is 6.42. The van der Waals surface area contributed by atoms with E-state index in [2.05, 4.69) is 5.32 Å². The van der Waals surface area contributed by atoms with Gasteiger partial charge in [0.05, 0.1) is 25.4 Å². The zero-order valence-corrected chi connectivity index (χ0v) is 13.0. The molecule has 0 saturated carbocycles. The molecule has 1 aliphatic heterocycles. The van der Waals surface area contributed by atoms with Gasteiger partial charge in [0.2, 0.25) is 11.8 Å². The molecule has 0 spiro atoms. The number of rotatable bonds is 3. The van der Waals surface area contributed by atoms with Gasteiger partial charge in [-0.15, -0.1) is 0 Å². The van der Waals surface area contributed by atoms with Gasteiger partial charge in [-0.1, -0.05) is 20.8 Å². The summed E-state index contributed by atoms with van der Waals surface area (Å²) in [5.41, 5.74) is -0.529. The van der Waals surface area contributed by atoms with Crippen LogP contribution in [0.15, 0.2) is 0 Å². The van der Waals surface area contributed by atoms with Crippen LogP contribution in [0.25, 0.3) is 0 Å². The fraction of sp³-hybridized carbons (Fsp3) is 0.857. The van der Waals surface area contributed by atoms with E-state index in [9.17, 15) is 9.59 Å². The largest absolute Gasteiger partial charge is 0.394 e. The highest BCUT2D eigenvalue weighted by Gasteiger charge is 2.33. The Balaban J connectivity index is 2.65. The molecule has 20 heavy (non-hydrogen) atoms. The quantitative estimate of drug-likeness (QED) is 0.774. The summed E-state index contributed by atoms with van der Waals surface area (Å²) in [4.78, 5) is 26.0. The lowest BCUT2D eigenvalue weighted by molar-refractivity contribution is -0.150. The third kappa shape index (κ3) is 4.18. The maximum Gasteiger partial charge on any atom is 0.245 e. The maximum atomic E-state index is 12.4. The highest BCUT2D eigenvalue weighted by atomic mass is 16.5. The number of hydrogen-bond donors (Lipinski definition) is 2. The van der Waals surface area contributed by atoms with Crippen molar-refractivity contribution in [3.05, 3.63) is 0 Å². The van der Waals surface area contributed by atoms with Gasteiger partial charge in [-0.25, -0.2) is 0 Å². The Kier molecular flexibility index (Phi) is 5.53. The average Bonchev–Trinajstić information content (AvgIpc) is 2.37. The minimum atomic E-state index is -0.582. The molecule has 0 aliphatic carbocycles. The number of morpholine rings is 1. The van der Waals surface area contributed by atoms with Crippen molar-refractivity contribution in [1.82, 2.24) is 10.2 Å². The van der Waals surface area contributed by atoms with Crippen molar-refractivity contribution in [1.29, 1.82) is 0 Å². The Hall–Kier alpha value is -1.14. The molecule has 116 valence electrons. The van der Waals surface area contributed by atoms with Crippen LogP contribution >= 0.6 is 0 Å². The van der Waals surface area contributed by atoms with Crippen molar-refractivity contribution >= 4 is 11.8 Å². The van der Waals surface area contributed by atoms with Crippen molar-refractivity contribution in [3.63, 3.8) is 0 Å². The van der Waals surface area contributed by atoms with Crippen molar-refractivity contribution in [2.75, 3.05) is 19.8 Å². The molecule has 2 amide bonds. The van der Waals surface area contributed by atoms with E-state index in [1.165, 1.54) is 0 Å². The fourth-order valence-corrected chi connectivity index (χ4v) is 1.96. The van der Waals surface area contributed by atoms with Gasteiger partial charge in [0, 0.05) is 12.0 Å². The van der Waals surface area contributed by atoms with Crippen molar-refractivity contribution < 1.29 is 19.4 Å². The third-order valence-corrected chi connectivity index (χ3v) is 3.39. The van der Waals surface area contributed by atoms with E-state index < -0.39 is 11.5 Å². The summed E-state index contributed by atoms with van der Waals surface area (Å²) in [6.45, 7) is 9.63. The predicted molar refractivity (Wildman–Crippen MR) is 75.1 cm³/mol. The first-order valence-electron chi connectivity index (χ1n) is 7.00. The monoisotopic (exact) mass is 286 g/mol. The van der Waals surface area contributed by atoms with Crippen LogP contribution in [0.3, 0.4) is 0 Å². The summed E-state index contributed by atoms with van der Waals surface area (Å²) in [6.07, 6.45) is -0.347. The van der Waals surface area contributed by atoms with Crippen LogP contribution in [0.4, 0.5) is 0 Å². The summed E-state index contributed by atoms with van der Waals surface area (Å²) in [7, 11) is 0. The molecule has 1 saturated heterocycles. The first kappa shape index (κ1) is 16.9. The summed E-state index contributed by atoms with van der Waals surface area (Å²) in [6, 6.07) is -0.638. The Morgan fingerprint density at radius 1 is 1.45 bits per heavy atom. The van der Waals surface area contributed by atoms with Crippen LogP contribution < -0.4 is 5.32 Å². The fourth-order valence-electron chi connectivity index (χ4n) is 1.96. The van der Waals surface area contributed by atoms with Gasteiger partial charge < -0.3 is 20.1 Å². The van der Waals surface area contributed by atoms with E-state index in [1.54, 1.807) is 32.6 Å². The average molecular weight is 286 g/mol. The number of ether oxygens (including phenoxy) is 1. The van der Waals surface area contributed by atoms with Crippen LogP contribution in [-0.2, 0) is 14.3 Å². The van der Waals surface area contributed by atoms with Crippen LogP contribution in [0.1, 0.15) is 34.6 Å². The molecule has 0 aromatic rings. The highest BCUT2D eigenvalue weighted by molar-refractivity contribution is 5.89.